The first-order valence-corrected chi connectivity index (χ1v) is 14.9. The maximum Gasteiger partial charge on any atom is 0.238 e. The van der Waals surface area contributed by atoms with Gasteiger partial charge in [-0.2, -0.15) is 4.31 Å². The molecule has 0 bridgehead atoms. The highest BCUT2D eigenvalue weighted by molar-refractivity contribution is 7.89. The monoisotopic (exact) mass is 540 g/mol. The standard InChI is InChI=1S/C26H40N2O6S2/c1-5-7-18-36(30,31)28(14-9-16-34-6-2)21-26(29)27(20-23-10-8-17-35-23)15-13-22-11-12-24(32-3)25(19-22)33-4/h8,10-12,17,19H,5-7,9,13-16,18,20-21H2,1-4H3. The van der Waals surface area contributed by atoms with Crippen molar-refractivity contribution in [3.63, 3.8) is 0 Å². The first kappa shape index (κ1) is 30.1. The van der Waals surface area contributed by atoms with Gasteiger partial charge in [0, 0.05) is 31.2 Å². The van der Waals surface area contributed by atoms with Gasteiger partial charge in [0.2, 0.25) is 15.9 Å². The molecule has 0 aliphatic carbocycles. The highest BCUT2D eigenvalue weighted by atomic mass is 32.2. The normalized spacial score (nSPS) is 11.6. The van der Waals surface area contributed by atoms with E-state index >= 15 is 0 Å². The van der Waals surface area contributed by atoms with Gasteiger partial charge < -0.3 is 19.1 Å². The number of amides is 1. The molecule has 0 N–H and O–H groups in total. The van der Waals surface area contributed by atoms with E-state index in [1.807, 2.05) is 49.6 Å². The van der Waals surface area contributed by atoms with Crippen LogP contribution in [0.1, 0.15) is 43.6 Å². The van der Waals surface area contributed by atoms with Crippen LogP contribution in [0.4, 0.5) is 0 Å². The topological polar surface area (TPSA) is 85.4 Å². The van der Waals surface area contributed by atoms with E-state index in [4.69, 9.17) is 14.2 Å². The molecule has 0 fully saturated rings. The molecule has 10 heteroatoms. The number of ether oxygens (including phenoxy) is 3. The number of carbonyl (C=O) groups excluding carboxylic acids is 1. The molecule has 0 spiro atoms. The minimum atomic E-state index is -3.54. The van der Waals surface area contributed by atoms with Crippen molar-refractivity contribution >= 4 is 27.3 Å². The first-order valence-electron chi connectivity index (χ1n) is 12.4. The summed E-state index contributed by atoms with van der Waals surface area (Å²) < 4.78 is 43.5. The quantitative estimate of drug-likeness (QED) is 0.264. The van der Waals surface area contributed by atoms with Crippen molar-refractivity contribution in [1.29, 1.82) is 0 Å². The van der Waals surface area contributed by atoms with Crippen molar-refractivity contribution in [3.8, 4) is 11.5 Å². The molecule has 0 unspecified atom stereocenters. The van der Waals surface area contributed by atoms with Crippen molar-refractivity contribution < 1.29 is 27.4 Å². The fraction of sp³-hybridized carbons (Fsp3) is 0.577. The second-order valence-corrected chi connectivity index (χ2v) is 11.5. The van der Waals surface area contributed by atoms with Gasteiger partial charge in [0.25, 0.3) is 0 Å². The summed E-state index contributed by atoms with van der Waals surface area (Å²) in [6, 6.07) is 9.64. The van der Waals surface area contributed by atoms with E-state index in [2.05, 4.69) is 0 Å². The fourth-order valence-electron chi connectivity index (χ4n) is 3.69. The fourth-order valence-corrected chi connectivity index (χ4v) is 6.04. The minimum Gasteiger partial charge on any atom is -0.493 e. The van der Waals surface area contributed by atoms with Crippen molar-refractivity contribution in [2.75, 3.05) is 52.8 Å². The van der Waals surface area contributed by atoms with Gasteiger partial charge in [-0.3, -0.25) is 4.79 Å². The van der Waals surface area contributed by atoms with Crippen LogP contribution >= 0.6 is 11.3 Å². The Kier molecular flexibility index (Phi) is 13.3. The van der Waals surface area contributed by atoms with Crippen molar-refractivity contribution in [3.05, 3.63) is 46.2 Å². The van der Waals surface area contributed by atoms with Crippen LogP contribution in [-0.4, -0.2) is 76.4 Å². The highest BCUT2D eigenvalue weighted by Gasteiger charge is 2.26. The number of hydrogen-bond acceptors (Lipinski definition) is 7. The molecule has 1 amide bonds. The Morgan fingerprint density at radius 3 is 2.44 bits per heavy atom. The Labute approximate surface area is 220 Å². The largest absolute Gasteiger partial charge is 0.493 e. The van der Waals surface area contributed by atoms with E-state index in [0.717, 1.165) is 16.9 Å². The van der Waals surface area contributed by atoms with Crippen LogP contribution in [0.5, 0.6) is 11.5 Å². The van der Waals surface area contributed by atoms with Crippen LogP contribution < -0.4 is 9.47 Å². The Morgan fingerprint density at radius 2 is 1.81 bits per heavy atom. The minimum absolute atomic E-state index is 0.0436. The molecule has 1 aromatic heterocycles. The molecular weight excluding hydrogens is 500 g/mol. The summed E-state index contributed by atoms with van der Waals surface area (Å²) in [6.07, 6.45) is 2.49. The number of thiophene rings is 1. The predicted octanol–water partition coefficient (Wildman–Crippen LogP) is 4.20. The van der Waals surface area contributed by atoms with Crippen LogP contribution in [0.25, 0.3) is 0 Å². The molecule has 0 aliphatic rings. The second-order valence-electron chi connectivity index (χ2n) is 8.39. The number of carbonyl (C=O) groups is 1. The molecule has 0 saturated carbocycles. The molecule has 202 valence electrons. The van der Waals surface area contributed by atoms with E-state index in [1.54, 1.807) is 30.5 Å². The number of sulfonamides is 1. The molecule has 8 nitrogen and oxygen atoms in total. The van der Waals surface area contributed by atoms with E-state index in [-0.39, 0.29) is 24.7 Å². The number of benzene rings is 1. The third kappa shape index (κ3) is 9.72. The average molecular weight is 541 g/mol. The zero-order chi connectivity index (χ0) is 26.4. The lowest BCUT2D eigenvalue weighted by atomic mass is 10.1. The van der Waals surface area contributed by atoms with E-state index < -0.39 is 10.0 Å². The van der Waals surface area contributed by atoms with Crippen LogP contribution in [0, 0.1) is 0 Å². The second kappa shape index (κ2) is 15.9. The number of unbranched alkanes of at least 4 members (excludes halogenated alkanes) is 1. The number of methoxy groups -OCH3 is 2. The molecule has 0 aliphatic heterocycles. The lowest BCUT2D eigenvalue weighted by Gasteiger charge is -2.27. The van der Waals surface area contributed by atoms with Gasteiger partial charge in [0.05, 0.1) is 33.1 Å². The molecular formula is C26H40N2O6S2. The summed E-state index contributed by atoms with van der Waals surface area (Å²) in [4.78, 5) is 16.3. The van der Waals surface area contributed by atoms with E-state index in [0.29, 0.717) is 57.1 Å². The third-order valence-corrected chi connectivity index (χ3v) is 8.52. The Balaban J connectivity index is 2.17. The number of nitrogens with zero attached hydrogens (tertiary/aromatic N) is 2. The van der Waals surface area contributed by atoms with Gasteiger partial charge in [-0.1, -0.05) is 25.5 Å². The van der Waals surface area contributed by atoms with Gasteiger partial charge in [-0.15, -0.1) is 11.3 Å². The first-order chi connectivity index (χ1) is 17.3. The Hall–Kier alpha value is -2.14. The third-order valence-electron chi connectivity index (χ3n) is 5.76. The van der Waals surface area contributed by atoms with Gasteiger partial charge in [-0.05, 0) is 55.3 Å². The van der Waals surface area contributed by atoms with Crippen molar-refractivity contribution in [2.45, 2.75) is 46.1 Å². The molecule has 1 aromatic carbocycles. The van der Waals surface area contributed by atoms with Crippen molar-refractivity contribution in [1.82, 2.24) is 9.21 Å². The Bertz CT molecular complexity index is 1010. The number of rotatable bonds is 18. The maximum absolute atomic E-state index is 13.5. The molecule has 2 aromatic rings. The van der Waals surface area contributed by atoms with Gasteiger partial charge in [0.15, 0.2) is 11.5 Å². The number of hydrogen-bond donors (Lipinski definition) is 0. The van der Waals surface area contributed by atoms with Crippen molar-refractivity contribution in [2.24, 2.45) is 0 Å². The summed E-state index contributed by atoms with van der Waals surface area (Å²) in [5.74, 6) is 1.11. The molecule has 1 heterocycles. The zero-order valence-corrected chi connectivity index (χ0v) is 23.5. The van der Waals surface area contributed by atoms with Gasteiger partial charge in [0.1, 0.15) is 0 Å². The SMILES string of the molecule is CCCCS(=O)(=O)N(CCCOCC)CC(=O)N(CCc1ccc(OC)c(OC)c1)Cc1cccs1. The summed E-state index contributed by atoms with van der Waals surface area (Å²) in [5, 5.41) is 1.97. The summed E-state index contributed by atoms with van der Waals surface area (Å²) in [5.41, 5.74) is 1.00. The zero-order valence-electron chi connectivity index (χ0n) is 21.9. The summed E-state index contributed by atoms with van der Waals surface area (Å²) >= 11 is 1.58. The average Bonchev–Trinajstić information content (AvgIpc) is 3.39. The maximum atomic E-state index is 13.5. The lowest BCUT2D eigenvalue weighted by molar-refractivity contribution is -0.132. The van der Waals surface area contributed by atoms with Gasteiger partial charge in [-0.25, -0.2) is 8.42 Å². The molecule has 0 radical (unpaired) electrons. The van der Waals surface area contributed by atoms with E-state index in [1.165, 1.54) is 4.31 Å². The molecule has 0 atom stereocenters. The smallest absolute Gasteiger partial charge is 0.238 e. The molecule has 2 rings (SSSR count). The Morgan fingerprint density at radius 1 is 1.03 bits per heavy atom. The van der Waals surface area contributed by atoms with Crippen LogP contribution in [0.15, 0.2) is 35.7 Å². The van der Waals surface area contributed by atoms with Crippen LogP contribution in [0.2, 0.25) is 0 Å². The molecule has 0 saturated heterocycles. The van der Waals surface area contributed by atoms with E-state index in [9.17, 15) is 13.2 Å². The van der Waals surface area contributed by atoms with Crippen LogP contribution in [-0.2, 0) is 32.5 Å². The lowest BCUT2D eigenvalue weighted by Crippen LogP contribution is -2.44. The van der Waals surface area contributed by atoms with Crippen LogP contribution in [0.3, 0.4) is 0 Å². The molecule has 36 heavy (non-hydrogen) atoms. The highest BCUT2D eigenvalue weighted by Crippen LogP contribution is 2.28. The van der Waals surface area contributed by atoms with Gasteiger partial charge >= 0.3 is 0 Å². The summed E-state index contributed by atoms with van der Waals surface area (Å²) in [7, 11) is -0.362. The predicted molar refractivity (Wildman–Crippen MR) is 144 cm³/mol. The summed E-state index contributed by atoms with van der Waals surface area (Å²) in [6.45, 7) is 5.88.